The Labute approximate surface area is 139 Å². The van der Waals surface area contributed by atoms with Crippen LogP contribution in [0.5, 0.6) is 0 Å². The van der Waals surface area contributed by atoms with Gasteiger partial charge in [0.2, 0.25) is 11.8 Å². The lowest BCUT2D eigenvalue weighted by Gasteiger charge is -2.36. The van der Waals surface area contributed by atoms with Gasteiger partial charge in [-0.3, -0.25) is 9.59 Å². The summed E-state index contributed by atoms with van der Waals surface area (Å²) in [5, 5.41) is 2.92. The number of nitrogens with zero attached hydrogens (tertiary/aromatic N) is 1. The molecule has 1 atom stereocenters. The van der Waals surface area contributed by atoms with E-state index in [0.29, 0.717) is 37.8 Å². The Hall–Kier alpha value is -0.810. The summed E-state index contributed by atoms with van der Waals surface area (Å²) >= 11 is 0. The number of hydrogen-bond acceptors (Lipinski definition) is 3. The lowest BCUT2D eigenvalue weighted by molar-refractivity contribution is -0.136. The summed E-state index contributed by atoms with van der Waals surface area (Å²) < 4.78 is 0. The number of rotatable bonds is 6. The first-order valence-corrected chi connectivity index (χ1v) is 8.47. The summed E-state index contributed by atoms with van der Waals surface area (Å²) in [6.07, 6.45) is 9.26. The van der Waals surface area contributed by atoms with Crippen molar-refractivity contribution in [1.82, 2.24) is 10.2 Å². The molecule has 0 aromatic heterocycles. The minimum Gasteiger partial charge on any atom is -0.354 e. The number of piperidine rings is 1. The van der Waals surface area contributed by atoms with Crippen LogP contribution in [0, 0.1) is 5.92 Å². The summed E-state index contributed by atoms with van der Waals surface area (Å²) in [7, 11) is 0. The molecule has 6 heteroatoms. The number of halogens is 1. The normalized spacial score (nSPS) is 22.2. The Bertz CT molecular complexity index is 359. The number of amides is 2. The smallest absolute Gasteiger partial charge is 0.223 e. The van der Waals surface area contributed by atoms with E-state index in [2.05, 4.69) is 5.32 Å². The molecule has 0 spiro atoms. The zero-order valence-electron chi connectivity index (χ0n) is 13.4. The van der Waals surface area contributed by atoms with Crippen molar-refractivity contribution in [2.45, 2.75) is 63.8 Å². The Morgan fingerprint density at radius 2 is 1.77 bits per heavy atom. The van der Waals surface area contributed by atoms with Crippen molar-refractivity contribution in [3.05, 3.63) is 0 Å². The third kappa shape index (κ3) is 5.76. The molecule has 1 saturated heterocycles. The molecule has 2 fully saturated rings. The molecule has 5 nitrogen and oxygen atoms in total. The molecule has 1 aliphatic heterocycles. The largest absolute Gasteiger partial charge is 0.354 e. The molecule has 2 aliphatic rings. The second-order valence-electron chi connectivity index (χ2n) is 6.43. The Balaban J connectivity index is 0.00000242. The highest BCUT2D eigenvalue weighted by Gasteiger charge is 2.29. The van der Waals surface area contributed by atoms with Crippen LogP contribution in [0.3, 0.4) is 0 Å². The highest BCUT2D eigenvalue weighted by Crippen LogP contribution is 2.29. The summed E-state index contributed by atoms with van der Waals surface area (Å²) in [6, 6.07) is 0.175. The zero-order chi connectivity index (χ0) is 15.1. The van der Waals surface area contributed by atoms with Gasteiger partial charge in [0.25, 0.3) is 0 Å². The predicted octanol–water partition coefficient (Wildman–Crippen LogP) is 1.83. The Kier molecular flexibility index (Phi) is 8.79. The first-order valence-electron chi connectivity index (χ1n) is 8.47. The number of carbonyl (C=O) groups excluding carboxylic acids is 2. The van der Waals surface area contributed by atoms with Crippen LogP contribution < -0.4 is 11.1 Å². The number of nitrogens with one attached hydrogen (secondary N) is 1. The minimum absolute atomic E-state index is 0. The van der Waals surface area contributed by atoms with E-state index in [4.69, 9.17) is 5.73 Å². The molecule has 1 heterocycles. The topological polar surface area (TPSA) is 75.4 Å². The number of likely N-dealkylation sites (tertiary alicyclic amines) is 1. The lowest BCUT2D eigenvalue weighted by Crippen LogP contribution is -2.49. The number of carbonyl (C=O) groups is 2. The van der Waals surface area contributed by atoms with Crippen LogP contribution in [-0.2, 0) is 9.59 Å². The molecule has 2 amide bonds. The average molecular weight is 332 g/mol. The molecular formula is C16H30ClN3O2. The van der Waals surface area contributed by atoms with Crippen LogP contribution in [-0.4, -0.2) is 42.4 Å². The van der Waals surface area contributed by atoms with Crippen molar-refractivity contribution in [2.24, 2.45) is 11.7 Å². The fourth-order valence-electron chi connectivity index (χ4n) is 3.57. The summed E-state index contributed by atoms with van der Waals surface area (Å²) in [6.45, 7) is 1.80. The van der Waals surface area contributed by atoms with E-state index < -0.39 is 0 Å². The van der Waals surface area contributed by atoms with Gasteiger partial charge in [0.15, 0.2) is 0 Å². The molecule has 2 rings (SSSR count). The molecule has 0 aromatic rings. The van der Waals surface area contributed by atoms with Gasteiger partial charge in [0, 0.05) is 38.5 Å². The third-order valence-corrected chi connectivity index (χ3v) is 4.79. The quantitative estimate of drug-likeness (QED) is 0.779. The van der Waals surface area contributed by atoms with Crippen LogP contribution in [0.1, 0.15) is 57.8 Å². The minimum atomic E-state index is -0.00809. The van der Waals surface area contributed by atoms with Gasteiger partial charge in [-0.05, 0) is 38.0 Å². The van der Waals surface area contributed by atoms with Gasteiger partial charge in [-0.2, -0.15) is 0 Å². The SMILES string of the molecule is Cl.NCCC(=O)NCC1CCCCN1C(=O)CC1CCCC1. The predicted molar refractivity (Wildman–Crippen MR) is 89.9 cm³/mol. The van der Waals surface area contributed by atoms with Crippen LogP contribution >= 0.6 is 12.4 Å². The van der Waals surface area contributed by atoms with Gasteiger partial charge in [-0.1, -0.05) is 12.8 Å². The van der Waals surface area contributed by atoms with Crippen molar-refractivity contribution in [1.29, 1.82) is 0 Å². The van der Waals surface area contributed by atoms with Gasteiger partial charge < -0.3 is 16.0 Å². The Morgan fingerprint density at radius 3 is 2.45 bits per heavy atom. The molecule has 128 valence electrons. The van der Waals surface area contributed by atoms with E-state index in [0.717, 1.165) is 25.8 Å². The van der Waals surface area contributed by atoms with Crippen molar-refractivity contribution in [3.8, 4) is 0 Å². The molecule has 22 heavy (non-hydrogen) atoms. The van der Waals surface area contributed by atoms with E-state index in [9.17, 15) is 9.59 Å². The summed E-state index contributed by atoms with van der Waals surface area (Å²) in [4.78, 5) is 26.1. The first kappa shape index (κ1) is 19.2. The van der Waals surface area contributed by atoms with E-state index in [-0.39, 0.29) is 24.4 Å². The molecule has 0 bridgehead atoms. The standard InChI is InChI=1S/C16H29N3O2.ClH/c17-9-8-15(20)18-12-14-7-3-4-10-19(14)16(21)11-13-5-1-2-6-13;/h13-14H,1-12,17H2,(H,18,20);1H. The van der Waals surface area contributed by atoms with Gasteiger partial charge >= 0.3 is 0 Å². The maximum Gasteiger partial charge on any atom is 0.223 e. The highest BCUT2D eigenvalue weighted by molar-refractivity contribution is 5.85. The van der Waals surface area contributed by atoms with E-state index in [1.165, 1.54) is 25.7 Å². The number of nitrogens with two attached hydrogens (primary N) is 1. The van der Waals surface area contributed by atoms with E-state index >= 15 is 0 Å². The fourth-order valence-corrected chi connectivity index (χ4v) is 3.57. The molecule has 0 radical (unpaired) electrons. The fraction of sp³-hybridized carbons (Fsp3) is 0.875. The van der Waals surface area contributed by atoms with Crippen LogP contribution in [0.4, 0.5) is 0 Å². The van der Waals surface area contributed by atoms with Crippen LogP contribution in [0.15, 0.2) is 0 Å². The molecule has 3 N–H and O–H groups in total. The van der Waals surface area contributed by atoms with Gasteiger partial charge in [0.05, 0.1) is 0 Å². The van der Waals surface area contributed by atoms with E-state index in [1.54, 1.807) is 0 Å². The monoisotopic (exact) mass is 331 g/mol. The molecule has 1 aliphatic carbocycles. The van der Waals surface area contributed by atoms with Crippen molar-refractivity contribution >= 4 is 24.2 Å². The molecule has 1 saturated carbocycles. The van der Waals surface area contributed by atoms with Crippen molar-refractivity contribution in [2.75, 3.05) is 19.6 Å². The Morgan fingerprint density at radius 1 is 1.09 bits per heavy atom. The maximum atomic E-state index is 12.5. The molecule has 1 unspecified atom stereocenters. The summed E-state index contributed by atoms with van der Waals surface area (Å²) in [5.74, 6) is 0.873. The molecular weight excluding hydrogens is 302 g/mol. The second kappa shape index (κ2) is 10.1. The maximum absolute atomic E-state index is 12.5. The van der Waals surface area contributed by atoms with Gasteiger partial charge in [-0.25, -0.2) is 0 Å². The van der Waals surface area contributed by atoms with Crippen LogP contribution in [0.2, 0.25) is 0 Å². The second-order valence-corrected chi connectivity index (χ2v) is 6.43. The molecule has 0 aromatic carbocycles. The van der Waals surface area contributed by atoms with Gasteiger partial charge in [0.1, 0.15) is 0 Å². The van der Waals surface area contributed by atoms with Crippen molar-refractivity contribution in [3.63, 3.8) is 0 Å². The summed E-state index contributed by atoms with van der Waals surface area (Å²) in [5.41, 5.74) is 5.38. The zero-order valence-corrected chi connectivity index (χ0v) is 14.2. The third-order valence-electron chi connectivity index (χ3n) is 4.79. The van der Waals surface area contributed by atoms with E-state index in [1.807, 2.05) is 4.90 Å². The number of hydrogen-bond donors (Lipinski definition) is 2. The van der Waals surface area contributed by atoms with Crippen LogP contribution in [0.25, 0.3) is 0 Å². The lowest BCUT2D eigenvalue weighted by atomic mass is 9.98. The first-order chi connectivity index (χ1) is 10.2. The van der Waals surface area contributed by atoms with Gasteiger partial charge in [-0.15, -0.1) is 12.4 Å². The van der Waals surface area contributed by atoms with Crippen molar-refractivity contribution < 1.29 is 9.59 Å². The highest BCUT2D eigenvalue weighted by atomic mass is 35.5. The average Bonchev–Trinajstić information content (AvgIpc) is 2.98.